The topological polar surface area (TPSA) is 75.4 Å². The Morgan fingerprint density at radius 2 is 2.27 bits per heavy atom. The summed E-state index contributed by atoms with van der Waals surface area (Å²) in [5.41, 5.74) is 0. The van der Waals surface area contributed by atoms with Gasteiger partial charge in [-0.1, -0.05) is 37.9 Å². The molecule has 1 atom stereocenters. The third-order valence-electron chi connectivity index (χ3n) is 3.45. The van der Waals surface area contributed by atoms with Gasteiger partial charge < -0.3 is 14.7 Å². The van der Waals surface area contributed by atoms with Crippen LogP contribution in [-0.4, -0.2) is 35.0 Å². The van der Waals surface area contributed by atoms with Crippen LogP contribution in [0.1, 0.15) is 39.5 Å². The maximum absolute atomic E-state index is 12.6. The van der Waals surface area contributed by atoms with Gasteiger partial charge >= 0.3 is 0 Å². The summed E-state index contributed by atoms with van der Waals surface area (Å²) in [6.07, 6.45) is 6.70. The van der Waals surface area contributed by atoms with Gasteiger partial charge in [0.1, 0.15) is 12.8 Å². The average Bonchev–Trinajstić information content (AvgIpc) is 3.00. The number of hydrogen-bond donors (Lipinski definition) is 1. The summed E-state index contributed by atoms with van der Waals surface area (Å²) in [6.45, 7) is 8.10. The van der Waals surface area contributed by atoms with Gasteiger partial charge in [0.05, 0.1) is 0 Å². The van der Waals surface area contributed by atoms with Crippen LogP contribution in [0.3, 0.4) is 0 Å². The lowest BCUT2D eigenvalue weighted by Crippen LogP contribution is -2.41. The zero-order valence-corrected chi connectivity index (χ0v) is 13.4. The molecule has 0 aromatic carbocycles. The van der Waals surface area contributed by atoms with Crippen LogP contribution < -0.4 is 5.32 Å². The monoisotopic (exact) mass is 307 g/mol. The molecular formula is C16H25N3O3. The van der Waals surface area contributed by atoms with Crippen molar-refractivity contribution in [3.05, 3.63) is 25.0 Å². The second-order valence-corrected chi connectivity index (χ2v) is 5.19. The molecule has 0 saturated carbocycles. The fourth-order valence-electron chi connectivity index (χ4n) is 2.23. The van der Waals surface area contributed by atoms with Gasteiger partial charge in [0, 0.05) is 18.5 Å². The highest BCUT2D eigenvalue weighted by Crippen LogP contribution is 2.16. The van der Waals surface area contributed by atoms with E-state index in [0.717, 1.165) is 25.7 Å². The highest BCUT2D eigenvalue weighted by atomic mass is 16.5. The first-order valence-corrected chi connectivity index (χ1v) is 7.72. The number of aromatic nitrogens is 1. The summed E-state index contributed by atoms with van der Waals surface area (Å²) in [4.78, 5) is 26.1. The van der Waals surface area contributed by atoms with E-state index in [2.05, 4.69) is 28.5 Å². The molecule has 6 nitrogen and oxygen atoms in total. The molecule has 0 aliphatic heterocycles. The third-order valence-corrected chi connectivity index (χ3v) is 3.45. The SMILES string of the molecule is C=CCN(CC(=O)Nc1ccon1)C(=O)C(CC)CCCC. The molecule has 1 aromatic rings. The quantitative estimate of drug-likeness (QED) is 0.674. The zero-order valence-electron chi connectivity index (χ0n) is 13.4. The van der Waals surface area contributed by atoms with Crippen molar-refractivity contribution in [2.24, 2.45) is 5.92 Å². The van der Waals surface area contributed by atoms with Crippen LogP contribution in [0.15, 0.2) is 29.5 Å². The first-order valence-electron chi connectivity index (χ1n) is 7.72. The number of nitrogens with zero attached hydrogens (tertiary/aromatic N) is 2. The fraction of sp³-hybridized carbons (Fsp3) is 0.562. The Kier molecular flexibility index (Phi) is 7.96. The summed E-state index contributed by atoms with van der Waals surface area (Å²) < 4.78 is 4.65. The summed E-state index contributed by atoms with van der Waals surface area (Å²) in [5, 5.41) is 6.21. The molecule has 1 N–H and O–H groups in total. The molecule has 0 bridgehead atoms. The Hall–Kier alpha value is -2.11. The Bertz CT molecular complexity index is 471. The van der Waals surface area contributed by atoms with E-state index in [1.165, 1.54) is 11.2 Å². The predicted molar refractivity (Wildman–Crippen MR) is 85.2 cm³/mol. The maximum Gasteiger partial charge on any atom is 0.245 e. The number of amides is 2. The molecule has 0 radical (unpaired) electrons. The highest BCUT2D eigenvalue weighted by Gasteiger charge is 2.23. The van der Waals surface area contributed by atoms with Crippen molar-refractivity contribution < 1.29 is 14.1 Å². The lowest BCUT2D eigenvalue weighted by molar-refractivity contribution is -0.138. The summed E-state index contributed by atoms with van der Waals surface area (Å²) >= 11 is 0. The maximum atomic E-state index is 12.6. The molecule has 0 saturated heterocycles. The van der Waals surface area contributed by atoms with Crippen LogP contribution in [0.4, 0.5) is 5.82 Å². The molecule has 0 aliphatic rings. The van der Waals surface area contributed by atoms with Crippen molar-refractivity contribution in [2.75, 3.05) is 18.4 Å². The van der Waals surface area contributed by atoms with Crippen LogP contribution in [0.2, 0.25) is 0 Å². The van der Waals surface area contributed by atoms with Crippen molar-refractivity contribution in [3.8, 4) is 0 Å². The standard InChI is InChI=1S/C16H25N3O3/c1-4-7-8-13(6-3)16(21)19(10-5-2)12-15(20)17-14-9-11-22-18-14/h5,9,11,13H,2,4,6-8,10,12H2,1,3H3,(H,17,18,20). The van der Waals surface area contributed by atoms with Crippen molar-refractivity contribution in [3.63, 3.8) is 0 Å². The smallest absolute Gasteiger partial charge is 0.245 e. The molecule has 0 aliphatic carbocycles. The number of unbranched alkanes of at least 4 members (excludes halogenated alkanes) is 1. The average molecular weight is 307 g/mol. The second-order valence-electron chi connectivity index (χ2n) is 5.19. The van der Waals surface area contributed by atoms with Crippen LogP contribution in [0.5, 0.6) is 0 Å². The van der Waals surface area contributed by atoms with E-state index in [-0.39, 0.29) is 24.3 Å². The number of rotatable bonds is 10. The summed E-state index contributed by atoms with van der Waals surface area (Å²) in [7, 11) is 0. The van der Waals surface area contributed by atoms with Crippen molar-refractivity contribution in [2.45, 2.75) is 39.5 Å². The van der Waals surface area contributed by atoms with Gasteiger partial charge in [0.15, 0.2) is 5.82 Å². The minimum absolute atomic E-state index is 0.00570. The van der Waals surface area contributed by atoms with Crippen molar-refractivity contribution in [1.82, 2.24) is 10.1 Å². The van der Waals surface area contributed by atoms with Gasteiger partial charge in [-0.2, -0.15) is 0 Å². The minimum atomic E-state index is -0.297. The number of carbonyl (C=O) groups is 2. The van der Waals surface area contributed by atoms with Gasteiger partial charge in [-0.25, -0.2) is 0 Å². The Labute approximate surface area is 131 Å². The van der Waals surface area contributed by atoms with Crippen molar-refractivity contribution >= 4 is 17.6 Å². The van der Waals surface area contributed by atoms with E-state index in [4.69, 9.17) is 0 Å². The number of anilines is 1. The van der Waals surface area contributed by atoms with E-state index in [1.807, 2.05) is 6.92 Å². The molecule has 1 rings (SSSR count). The van der Waals surface area contributed by atoms with E-state index in [0.29, 0.717) is 12.4 Å². The second kappa shape index (κ2) is 9.76. The Morgan fingerprint density at radius 1 is 1.50 bits per heavy atom. The molecule has 6 heteroatoms. The molecule has 1 unspecified atom stereocenters. The van der Waals surface area contributed by atoms with Gasteiger partial charge in [0.25, 0.3) is 0 Å². The number of hydrogen-bond acceptors (Lipinski definition) is 4. The summed E-state index contributed by atoms with van der Waals surface area (Å²) in [5.74, 6) is 0.00868. The van der Waals surface area contributed by atoms with E-state index >= 15 is 0 Å². The van der Waals surface area contributed by atoms with E-state index in [1.54, 1.807) is 12.1 Å². The molecule has 22 heavy (non-hydrogen) atoms. The van der Waals surface area contributed by atoms with Gasteiger partial charge in [-0.15, -0.1) is 6.58 Å². The Morgan fingerprint density at radius 3 is 2.82 bits per heavy atom. The van der Waals surface area contributed by atoms with Gasteiger partial charge in [-0.3, -0.25) is 9.59 Å². The van der Waals surface area contributed by atoms with Crippen LogP contribution >= 0.6 is 0 Å². The molecule has 1 heterocycles. The minimum Gasteiger partial charge on any atom is -0.363 e. The first kappa shape index (κ1) is 17.9. The molecule has 122 valence electrons. The first-order chi connectivity index (χ1) is 10.6. The lowest BCUT2D eigenvalue weighted by atomic mass is 9.97. The lowest BCUT2D eigenvalue weighted by Gasteiger charge is -2.25. The molecule has 0 spiro atoms. The highest BCUT2D eigenvalue weighted by molar-refractivity contribution is 5.94. The predicted octanol–water partition coefficient (Wildman–Crippen LogP) is 2.84. The van der Waals surface area contributed by atoms with E-state index < -0.39 is 0 Å². The molecule has 1 aromatic heterocycles. The molecule has 0 fully saturated rings. The van der Waals surface area contributed by atoms with Crippen LogP contribution in [-0.2, 0) is 9.59 Å². The zero-order chi connectivity index (χ0) is 16.4. The summed E-state index contributed by atoms with van der Waals surface area (Å²) in [6, 6.07) is 1.55. The van der Waals surface area contributed by atoms with Crippen LogP contribution in [0.25, 0.3) is 0 Å². The van der Waals surface area contributed by atoms with Gasteiger partial charge in [0.2, 0.25) is 11.8 Å². The van der Waals surface area contributed by atoms with Crippen molar-refractivity contribution in [1.29, 1.82) is 0 Å². The third kappa shape index (κ3) is 5.71. The Balaban J connectivity index is 2.63. The van der Waals surface area contributed by atoms with E-state index in [9.17, 15) is 9.59 Å². The van der Waals surface area contributed by atoms with Gasteiger partial charge in [-0.05, 0) is 12.8 Å². The largest absolute Gasteiger partial charge is 0.363 e. The van der Waals surface area contributed by atoms with Crippen LogP contribution in [0, 0.1) is 5.92 Å². The fourth-order valence-corrected chi connectivity index (χ4v) is 2.23. The number of nitrogens with one attached hydrogen (secondary N) is 1. The number of carbonyl (C=O) groups excluding carboxylic acids is 2. The molecular weight excluding hydrogens is 282 g/mol. The normalized spacial score (nSPS) is 11.7. The molecule has 2 amide bonds.